The Kier molecular flexibility index (Phi) is 3.99. The summed E-state index contributed by atoms with van der Waals surface area (Å²) in [6, 6.07) is 5.34. The second-order valence-electron chi connectivity index (χ2n) is 4.17. The highest BCUT2D eigenvalue weighted by molar-refractivity contribution is 5.96. The van der Waals surface area contributed by atoms with E-state index >= 15 is 0 Å². The van der Waals surface area contributed by atoms with Crippen molar-refractivity contribution in [1.82, 2.24) is 5.32 Å². The summed E-state index contributed by atoms with van der Waals surface area (Å²) >= 11 is 0. The number of hydrogen-bond acceptors (Lipinski definition) is 4. The molecular weight excluding hydrogens is 230 g/mol. The lowest BCUT2D eigenvalue weighted by molar-refractivity contribution is -0.142. The molecule has 0 aliphatic heterocycles. The van der Waals surface area contributed by atoms with Gasteiger partial charge < -0.3 is 15.2 Å². The minimum atomic E-state index is -0.175. The van der Waals surface area contributed by atoms with Crippen LogP contribution < -0.4 is 5.32 Å². The summed E-state index contributed by atoms with van der Waals surface area (Å²) in [7, 11) is 0. The van der Waals surface area contributed by atoms with Crippen LogP contribution in [0, 0.1) is 0 Å². The van der Waals surface area contributed by atoms with Crippen molar-refractivity contribution in [2.24, 2.45) is 0 Å². The lowest BCUT2D eigenvalue weighted by Gasteiger charge is -2.20. The molecule has 1 aliphatic carbocycles. The number of rotatable bonds is 6. The van der Waals surface area contributed by atoms with E-state index in [0.29, 0.717) is 26.1 Å². The third-order valence-corrected chi connectivity index (χ3v) is 2.84. The second-order valence-corrected chi connectivity index (χ2v) is 4.17. The summed E-state index contributed by atoms with van der Waals surface area (Å²) in [6.07, 6.45) is 2.46. The number of hydrogen-bond donors (Lipinski definition) is 2. The van der Waals surface area contributed by atoms with Gasteiger partial charge in [0.2, 0.25) is 0 Å². The number of aromatic hydroxyl groups is 1. The van der Waals surface area contributed by atoms with Crippen LogP contribution in [0.3, 0.4) is 0 Å². The minimum absolute atomic E-state index is 0.175. The zero-order chi connectivity index (χ0) is 13.0. The fourth-order valence-corrected chi connectivity index (χ4v) is 1.93. The Hall–Kier alpha value is -1.81. The molecule has 0 amide bonds. The van der Waals surface area contributed by atoms with Crippen molar-refractivity contribution in [3.8, 4) is 5.75 Å². The second kappa shape index (κ2) is 5.69. The zero-order valence-corrected chi connectivity index (χ0v) is 10.4. The number of ether oxygens (including phenoxy) is 1. The molecule has 2 rings (SSSR count). The van der Waals surface area contributed by atoms with Crippen molar-refractivity contribution in [3.63, 3.8) is 0 Å². The molecule has 0 fully saturated rings. The van der Waals surface area contributed by atoms with E-state index in [2.05, 4.69) is 11.4 Å². The summed E-state index contributed by atoms with van der Waals surface area (Å²) in [6.45, 7) is 3.53. The van der Waals surface area contributed by atoms with Gasteiger partial charge in [-0.2, -0.15) is 0 Å². The Labute approximate surface area is 106 Å². The SMILES string of the molecule is CCOC(=O)CCNCC1=Cc2ccc(O)cc21. The number of carbonyl (C=O) groups is 1. The highest BCUT2D eigenvalue weighted by atomic mass is 16.5. The number of carbonyl (C=O) groups excluding carboxylic acids is 1. The molecule has 0 heterocycles. The maximum absolute atomic E-state index is 11.1. The van der Waals surface area contributed by atoms with Crippen molar-refractivity contribution in [3.05, 3.63) is 29.3 Å². The molecule has 4 nitrogen and oxygen atoms in total. The van der Waals surface area contributed by atoms with Crippen LogP contribution in [0.15, 0.2) is 18.2 Å². The van der Waals surface area contributed by atoms with Crippen LogP contribution in [-0.2, 0) is 9.53 Å². The maximum Gasteiger partial charge on any atom is 0.307 e. The van der Waals surface area contributed by atoms with Gasteiger partial charge in [0.05, 0.1) is 13.0 Å². The molecule has 0 spiro atoms. The highest BCUT2D eigenvalue weighted by Crippen LogP contribution is 2.34. The first-order valence-corrected chi connectivity index (χ1v) is 6.11. The molecule has 96 valence electrons. The van der Waals surface area contributed by atoms with Crippen LogP contribution in [0.1, 0.15) is 24.5 Å². The predicted octanol–water partition coefficient (Wildman–Crippen LogP) is 1.79. The van der Waals surface area contributed by atoms with Gasteiger partial charge in [0.15, 0.2) is 0 Å². The largest absolute Gasteiger partial charge is 0.508 e. The van der Waals surface area contributed by atoms with Crippen LogP contribution in [0.25, 0.3) is 11.6 Å². The molecule has 0 aromatic heterocycles. The van der Waals surface area contributed by atoms with Gasteiger partial charge in [-0.1, -0.05) is 6.07 Å². The first-order valence-electron chi connectivity index (χ1n) is 6.11. The molecular formula is C14H17NO3. The number of nitrogens with one attached hydrogen (secondary N) is 1. The van der Waals surface area contributed by atoms with E-state index in [1.165, 1.54) is 0 Å². The predicted molar refractivity (Wildman–Crippen MR) is 70.1 cm³/mol. The first kappa shape index (κ1) is 12.6. The molecule has 0 atom stereocenters. The molecule has 0 unspecified atom stereocenters. The Morgan fingerprint density at radius 3 is 3.06 bits per heavy atom. The van der Waals surface area contributed by atoms with E-state index in [1.54, 1.807) is 19.1 Å². The third kappa shape index (κ3) is 2.90. The van der Waals surface area contributed by atoms with E-state index in [4.69, 9.17) is 4.74 Å². The topological polar surface area (TPSA) is 58.6 Å². The number of phenols is 1. The van der Waals surface area contributed by atoms with E-state index in [1.807, 2.05) is 6.07 Å². The van der Waals surface area contributed by atoms with Gasteiger partial charge in [0.1, 0.15) is 5.75 Å². The van der Waals surface area contributed by atoms with E-state index < -0.39 is 0 Å². The molecule has 18 heavy (non-hydrogen) atoms. The summed E-state index contributed by atoms with van der Waals surface area (Å²) in [5.74, 6) is 0.108. The number of esters is 1. The van der Waals surface area contributed by atoms with Crippen LogP contribution >= 0.6 is 0 Å². The van der Waals surface area contributed by atoms with Crippen molar-refractivity contribution in [2.45, 2.75) is 13.3 Å². The molecule has 1 aliphatic rings. The lowest BCUT2D eigenvalue weighted by atomic mass is 9.88. The highest BCUT2D eigenvalue weighted by Gasteiger charge is 2.15. The Bertz CT molecular complexity index is 480. The van der Waals surface area contributed by atoms with Crippen molar-refractivity contribution in [1.29, 1.82) is 0 Å². The zero-order valence-electron chi connectivity index (χ0n) is 10.4. The number of benzene rings is 1. The Balaban J connectivity index is 1.72. The standard InChI is InChI=1S/C14H17NO3/c1-2-18-14(17)5-6-15-9-11-7-10-3-4-12(16)8-13(10)11/h3-4,7-8,15-16H,2,5-6,9H2,1H3. The van der Waals surface area contributed by atoms with Gasteiger partial charge in [-0.3, -0.25) is 4.79 Å². The van der Waals surface area contributed by atoms with Gasteiger partial charge >= 0.3 is 5.97 Å². The molecule has 0 bridgehead atoms. The van der Waals surface area contributed by atoms with Crippen LogP contribution in [0.4, 0.5) is 0 Å². The molecule has 2 N–H and O–H groups in total. The number of fused-ring (bicyclic) bond motifs is 1. The summed E-state index contributed by atoms with van der Waals surface area (Å²) < 4.78 is 4.83. The third-order valence-electron chi connectivity index (χ3n) is 2.84. The fraction of sp³-hybridized carbons (Fsp3) is 0.357. The summed E-state index contributed by atoms with van der Waals surface area (Å²) in [4.78, 5) is 11.1. The summed E-state index contributed by atoms with van der Waals surface area (Å²) in [5.41, 5.74) is 3.39. The normalized spacial score (nSPS) is 12.4. The van der Waals surface area contributed by atoms with E-state index in [9.17, 15) is 9.90 Å². The molecule has 4 heteroatoms. The van der Waals surface area contributed by atoms with Crippen molar-refractivity contribution < 1.29 is 14.6 Å². The first-order chi connectivity index (χ1) is 8.70. The average Bonchev–Trinajstić information content (AvgIpc) is 2.32. The molecule has 0 radical (unpaired) electrons. The van der Waals surface area contributed by atoms with Crippen LogP contribution in [0.2, 0.25) is 0 Å². The monoisotopic (exact) mass is 247 g/mol. The molecule has 1 aromatic rings. The van der Waals surface area contributed by atoms with Gasteiger partial charge in [-0.25, -0.2) is 0 Å². The lowest BCUT2D eigenvalue weighted by Crippen LogP contribution is -2.22. The maximum atomic E-state index is 11.1. The summed E-state index contributed by atoms with van der Waals surface area (Å²) in [5, 5.41) is 12.6. The quantitative estimate of drug-likeness (QED) is 0.594. The van der Waals surface area contributed by atoms with Gasteiger partial charge in [0.25, 0.3) is 0 Å². The fourth-order valence-electron chi connectivity index (χ4n) is 1.93. The van der Waals surface area contributed by atoms with Gasteiger partial charge in [-0.15, -0.1) is 0 Å². The molecule has 1 aromatic carbocycles. The van der Waals surface area contributed by atoms with Gasteiger partial charge in [0, 0.05) is 13.1 Å². The van der Waals surface area contributed by atoms with E-state index in [0.717, 1.165) is 16.7 Å². The van der Waals surface area contributed by atoms with Crippen LogP contribution in [0.5, 0.6) is 5.75 Å². The van der Waals surface area contributed by atoms with Crippen molar-refractivity contribution >= 4 is 17.6 Å². The molecule has 0 saturated carbocycles. The number of phenolic OH excluding ortho intramolecular Hbond substituents is 1. The Morgan fingerprint density at radius 1 is 1.44 bits per heavy atom. The smallest absolute Gasteiger partial charge is 0.307 e. The Morgan fingerprint density at radius 2 is 2.28 bits per heavy atom. The molecule has 0 saturated heterocycles. The van der Waals surface area contributed by atoms with Crippen molar-refractivity contribution in [2.75, 3.05) is 19.7 Å². The van der Waals surface area contributed by atoms with E-state index in [-0.39, 0.29) is 11.7 Å². The van der Waals surface area contributed by atoms with Crippen LogP contribution in [-0.4, -0.2) is 30.8 Å². The van der Waals surface area contributed by atoms with Gasteiger partial charge in [-0.05, 0) is 41.8 Å². The minimum Gasteiger partial charge on any atom is -0.508 e. The average molecular weight is 247 g/mol.